The number of rotatable bonds is 3. The van der Waals surface area contributed by atoms with Gasteiger partial charge < -0.3 is 9.67 Å². The number of nitrogens with zero attached hydrogens (tertiary/aromatic N) is 3. The van der Waals surface area contributed by atoms with Gasteiger partial charge in [-0.05, 0) is 12.1 Å². The Bertz CT molecular complexity index is 845. The number of halogens is 2. The van der Waals surface area contributed by atoms with Crippen LogP contribution in [-0.4, -0.2) is 25.6 Å². The third-order valence-electron chi connectivity index (χ3n) is 3.08. The molecule has 106 valence electrons. The van der Waals surface area contributed by atoms with Crippen molar-refractivity contribution in [3.63, 3.8) is 0 Å². The van der Waals surface area contributed by atoms with Gasteiger partial charge in [0.15, 0.2) is 0 Å². The van der Waals surface area contributed by atoms with Crippen LogP contribution in [0, 0.1) is 11.6 Å². The molecule has 0 aliphatic rings. The number of benzene rings is 1. The fraction of sp³-hybridized carbons (Fsp3) is 0.0714. The number of carboxylic acids is 1. The molecule has 0 radical (unpaired) electrons. The average Bonchev–Trinajstić information content (AvgIpc) is 2.84. The van der Waals surface area contributed by atoms with Crippen molar-refractivity contribution < 1.29 is 18.7 Å². The second-order valence-corrected chi connectivity index (χ2v) is 4.47. The highest BCUT2D eigenvalue weighted by molar-refractivity contribution is 5.89. The first-order valence-corrected chi connectivity index (χ1v) is 6.02. The van der Waals surface area contributed by atoms with E-state index in [0.717, 1.165) is 6.07 Å². The van der Waals surface area contributed by atoms with E-state index in [1.165, 1.54) is 30.7 Å². The molecule has 2 heterocycles. The van der Waals surface area contributed by atoms with Crippen LogP contribution in [0.4, 0.5) is 8.78 Å². The van der Waals surface area contributed by atoms with Crippen LogP contribution in [0.3, 0.4) is 0 Å². The molecule has 0 aliphatic carbocycles. The van der Waals surface area contributed by atoms with Crippen molar-refractivity contribution in [3.8, 4) is 0 Å². The van der Waals surface area contributed by atoms with Crippen molar-refractivity contribution >= 4 is 17.0 Å². The van der Waals surface area contributed by atoms with Crippen LogP contribution >= 0.6 is 0 Å². The number of aromatic nitrogens is 3. The van der Waals surface area contributed by atoms with Gasteiger partial charge in [-0.25, -0.2) is 23.5 Å². The summed E-state index contributed by atoms with van der Waals surface area (Å²) in [6, 6.07) is 4.69. The Morgan fingerprint density at radius 2 is 2.05 bits per heavy atom. The van der Waals surface area contributed by atoms with Gasteiger partial charge >= 0.3 is 5.97 Å². The van der Waals surface area contributed by atoms with Crippen molar-refractivity contribution in [2.24, 2.45) is 0 Å². The molecule has 1 N–H and O–H groups in total. The maximum absolute atomic E-state index is 13.6. The molecule has 0 amide bonds. The lowest BCUT2D eigenvalue weighted by molar-refractivity contribution is 0.0690. The first kappa shape index (κ1) is 13.2. The summed E-state index contributed by atoms with van der Waals surface area (Å²) >= 11 is 0. The van der Waals surface area contributed by atoms with E-state index >= 15 is 0 Å². The first-order chi connectivity index (χ1) is 10.0. The number of carboxylic acid groups (broad SMARTS) is 1. The zero-order valence-corrected chi connectivity index (χ0v) is 10.6. The normalized spacial score (nSPS) is 11.0. The second-order valence-electron chi connectivity index (χ2n) is 4.47. The number of carbonyl (C=O) groups is 1. The molecule has 0 bridgehead atoms. The van der Waals surface area contributed by atoms with Crippen LogP contribution in [0.2, 0.25) is 0 Å². The van der Waals surface area contributed by atoms with Gasteiger partial charge in [-0.15, -0.1) is 0 Å². The van der Waals surface area contributed by atoms with Crippen LogP contribution in [0.1, 0.15) is 16.1 Å². The van der Waals surface area contributed by atoms with Crippen LogP contribution in [0.15, 0.2) is 36.8 Å². The van der Waals surface area contributed by atoms with Crippen molar-refractivity contribution in [1.82, 2.24) is 14.5 Å². The molecule has 0 atom stereocenters. The van der Waals surface area contributed by atoms with Crippen LogP contribution in [-0.2, 0) is 6.54 Å². The van der Waals surface area contributed by atoms with E-state index in [1.807, 2.05) is 0 Å². The van der Waals surface area contributed by atoms with E-state index in [0.29, 0.717) is 16.6 Å². The fourth-order valence-electron chi connectivity index (χ4n) is 2.03. The lowest BCUT2D eigenvalue weighted by Gasteiger charge is -2.06. The third-order valence-corrected chi connectivity index (χ3v) is 3.08. The minimum atomic E-state index is -1.14. The zero-order chi connectivity index (χ0) is 15.0. The molecule has 1 aromatic carbocycles. The van der Waals surface area contributed by atoms with Crippen molar-refractivity contribution in [1.29, 1.82) is 0 Å². The van der Waals surface area contributed by atoms with Gasteiger partial charge in [0, 0.05) is 11.6 Å². The van der Waals surface area contributed by atoms with Gasteiger partial charge in [-0.2, -0.15) is 0 Å². The summed E-state index contributed by atoms with van der Waals surface area (Å²) in [6.45, 7) is 0.150. The van der Waals surface area contributed by atoms with Gasteiger partial charge in [0.25, 0.3) is 0 Å². The third kappa shape index (κ3) is 2.45. The fourth-order valence-corrected chi connectivity index (χ4v) is 2.03. The average molecular weight is 289 g/mol. The van der Waals surface area contributed by atoms with Crippen LogP contribution < -0.4 is 0 Å². The largest absolute Gasteiger partial charge is 0.477 e. The van der Waals surface area contributed by atoms with E-state index in [1.54, 1.807) is 4.57 Å². The second kappa shape index (κ2) is 4.93. The number of hydrogen-bond donors (Lipinski definition) is 1. The molecule has 0 saturated carbocycles. The molecule has 0 spiro atoms. The summed E-state index contributed by atoms with van der Waals surface area (Å²) in [5.41, 5.74) is 1.22. The standard InChI is InChI=1S/C14H9F2N3O2/c15-9-2-1-8(10(16)3-9)6-19-7-18-11-4-12(14(20)21)17-5-13(11)19/h1-5,7H,6H2,(H,20,21). The van der Waals surface area contributed by atoms with Crippen molar-refractivity contribution in [2.75, 3.05) is 0 Å². The molecule has 0 saturated heterocycles. The minimum absolute atomic E-state index is 0.110. The van der Waals surface area contributed by atoms with E-state index in [9.17, 15) is 13.6 Å². The molecule has 5 nitrogen and oxygen atoms in total. The predicted octanol–water partition coefficient (Wildman–Crippen LogP) is 2.46. The summed E-state index contributed by atoms with van der Waals surface area (Å²) in [4.78, 5) is 18.7. The molecule has 3 rings (SSSR count). The highest BCUT2D eigenvalue weighted by Gasteiger charge is 2.11. The lowest BCUT2D eigenvalue weighted by atomic mass is 10.2. The number of pyridine rings is 1. The molecule has 3 aromatic rings. The van der Waals surface area contributed by atoms with Crippen molar-refractivity contribution in [2.45, 2.75) is 6.54 Å². The molecular weight excluding hydrogens is 280 g/mol. The number of aromatic carboxylic acids is 1. The SMILES string of the molecule is O=C(O)c1cc2ncn(Cc3ccc(F)cc3F)c2cn1. The van der Waals surface area contributed by atoms with Gasteiger partial charge in [0.2, 0.25) is 0 Å². The summed E-state index contributed by atoms with van der Waals surface area (Å²) in [5, 5.41) is 8.87. The number of imidazole rings is 1. The Labute approximate surface area is 117 Å². The maximum Gasteiger partial charge on any atom is 0.354 e. The van der Waals surface area contributed by atoms with Crippen LogP contribution in [0.5, 0.6) is 0 Å². The van der Waals surface area contributed by atoms with E-state index in [4.69, 9.17) is 5.11 Å². The molecule has 0 aliphatic heterocycles. The van der Waals surface area contributed by atoms with Gasteiger partial charge in [0.05, 0.1) is 30.1 Å². The first-order valence-electron chi connectivity index (χ1n) is 6.02. The summed E-state index contributed by atoms with van der Waals surface area (Å²) in [5.74, 6) is -2.43. The maximum atomic E-state index is 13.6. The summed E-state index contributed by atoms with van der Waals surface area (Å²) in [7, 11) is 0. The van der Waals surface area contributed by atoms with Gasteiger partial charge in [0.1, 0.15) is 17.3 Å². The Morgan fingerprint density at radius 3 is 2.76 bits per heavy atom. The number of hydrogen-bond acceptors (Lipinski definition) is 3. The highest BCUT2D eigenvalue weighted by Crippen LogP contribution is 2.17. The smallest absolute Gasteiger partial charge is 0.354 e. The molecule has 2 aromatic heterocycles. The van der Waals surface area contributed by atoms with Crippen LogP contribution in [0.25, 0.3) is 11.0 Å². The Balaban J connectivity index is 1.99. The quantitative estimate of drug-likeness (QED) is 0.804. The molecule has 21 heavy (non-hydrogen) atoms. The lowest BCUT2D eigenvalue weighted by Crippen LogP contribution is -2.03. The zero-order valence-electron chi connectivity index (χ0n) is 10.6. The Kier molecular flexibility index (Phi) is 3.09. The molecule has 0 unspecified atom stereocenters. The molecule has 7 heteroatoms. The summed E-state index contributed by atoms with van der Waals surface area (Å²) < 4.78 is 28.1. The topological polar surface area (TPSA) is 68.0 Å². The number of fused-ring (bicyclic) bond motifs is 1. The highest BCUT2D eigenvalue weighted by atomic mass is 19.1. The van der Waals surface area contributed by atoms with E-state index in [-0.39, 0.29) is 12.2 Å². The van der Waals surface area contributed by atoms with Gasteiger partial charge in [-0.1, -0.05) is 6.07 Å². The van der Waals surface area contributed by atoms with Gasteiger partial charge in [-0.3, -0.25) is 0 Å². The molecule has 0 fully saturated rings. The van der Waals surface area contributed by atoms with Crippen molar-refractivity contribution in [3.05, 3.63) is 59.7 Å². The van der Waals surface area contributed by atoms with E-state index in [2.05, 4.69) is 9.97 Å². The monoisotopic (exact) mass is 289 g/mol. The predicted molar refractivity (Wildman–Crippen MR) is 69.9 cm³/mol. The summed E-state index contributed by atoms with van der Waals surface area (Å²) in [6.07, 6.45) is 2.83. The molecular formula is C14H9F2N3O2. The minimum Gasteiger partial charge on any atom is -0.477 e. The van der Waals surface area contributed by atoms with E-state index < -0.39 is 17.6 Å². The Morgan fingerprint density at radius 1 is 1.24 bits per heavy atom. The Hall–Kier alpha value is -2.83.